The average Bonchev–Trinajstić information content (AvgIpc) is 2.82. The number of methoxy groups -OCH3 is 1. The number of fused-ring (bicyclic) bond motifs is 5. The van der Waals surface area contributed by atoms with E-state index in [1.807, 2.05) is 12.1 Å². The molecular formula is C19H24O3. The first-order chi connectivity index (χ1) is 10.5. The van der Waals surface area contributed by atoms with E-state index in [1.54, 1.807) is 7.11 Å². The predicted molar refractivity (Wildman–Crippen MR) is 85.3 cm³/mol. The number of aliphatic hydroxyl groups excluding tert-OH is 1. The van der Waals surface area contributed by atoms with Crippen LogP contribution in [-0.2, 0) is 6.42 Å². The summed E-state index contributed by atoms with van der Waals surface area (Å²) in [7, 11) is 1.61. The summed E-state index contributed by atoms with van der Waals surface area (Å²) in [6.45, 7) is 2.24. The Morgan fingerprint density at radius 2 is 2.05 bits per heavy atom. The van der Waals surface area contributed by atoms with Crippen molar-refractivity contribution < 1.29 is 14.9 Å². The summed E-state index contributed by atoms with van der Waals surface area (Å²) in [5.74, 6) is 1.87. The fourth-order valence-corrected chi connectivity index (χ4v) is 5.08. The van der Waals surface area contributed by atoms with Gasteiger partial charge in [0.2, 0.25) is 0 Å². The lowest BCUT2D eigenvalue weighted by Crippen LogP contribution is -2.40. The van der Waals surface area contributed by atoms with Crippen molar-refractivity contribution >= 4 is 0 Å². The highest BCUT2D eigenvalue weighted by molar-refractivity contribution is 5.50. The maximum absolute atomic E-state index is 10.4. The molecule has 4 rings (SSSR count). The summed E-state index contributed by atoms with van der Waals surface area (Å²) in [6.07, 6.45) is 7.17. The Bertz CT molecular complexity index is 648. The number of aryl methyl sites for hydroxylation is 1. The first kappa shape index (κ1) is 14.1. The van der Waals surface area contributed by atoms with Gasteiger partial charge in [0.05, 0.1) is 13.2 Å². The molecule has 0 aromatic heterocycles. The monoisotopic (exact) mass is 300 g/mol. The molecule has 22 heavy (non-hydrogen) atoms. The van der Waals surface area contributed by atoms with Gasteiger partial charge in [-0.2, -0.15) is 0 Å². The van der Waals surface area contributed by atoms with E-state index in [9.17, 15) is 10.2 Å². The van der Waals surface area contributed by atoms with E-state index in [0.717, 1.165) is 32.1 Å². The molecule has 0 heterocycles. The number of ether oxygens (including phenoxy) is 1. The Hall–Kier alpha value is -1.48. The Morgan fingerprint density at radius 3 is 2.82 bits per heavy atom. The molecule has 3 aliphatic rings. The molecule has 1 aromatic rings. The van der Waals surface area contributed by atoms with Crippen molar-refractivity contribution in [1.82, 2.24) is 0 Å². The molecule has 0 radical (unpaired) electrons. The summed E-state index contributed by atoms with van der Waals surface area (Å²) in [4.78, 5) is 0. The minimum Gasteiger partial charge on any atom is -0.504 e. The maximum Gasteiger partial charge on any atom is 0.160 e. The van der Waals surface area contributed by atoms with E-state index >= 15 is 0 Å². The third kappa shape index (κ3) is 1.78. The van der Waals surface area contributed by atoms with Crippen molar-refractivity contribution in [3.05, 3.63) is 34.9 Å². The number of hydrogen-bond donors (Lipinski definition) is 2. The fraction of sp³-hybridized carbons (Fsp3) is 0.579. The van der Waals surface area contributed by atoms with E-state index < -0.39 is 0 Å². The Kier molecular flexibility index (Phi) is 3.06. The van der Waals surface area contributed by atoms with Gasteiger partial charge in [0.25, 0.3) is 0 Å². The number of hydrogen-bond acceptors (Lipinski definition) is 3. The van der Waals surface area contributed by atoms with Gasteiger partial charge in [-0.1, -0.05) is 18.6 Å². The van der Waals surface area contributed by atoms with Crippen LogP contribution in [0.4, 0.5) is 0 Å². The second-order valence-electron chi connectivity index (χ2n) is 7.34. The largest absolute Gasteiger partial charge is 0.504 e. The van der Waals surface area contributed by atoms with Crippen molar-refractivity contribution in [2.24, 2.45) is 11.3 Å². The van der Waals surface area contributed by atoms with E-state index in [1.165, 1.54) is 16.7 Å². The molecular weight excluding hydrogens is 276 g/mol. The number of rotatable bonds is 1. The van der Waals surface area contributed by atoms with E-state index in [0.29, 0.717) is 17.6 Å². The van der Waals surface area contributed by atoms with Crippen LogP contribution in [0.3, 0.4) is 0 Å². The van der Waals surface area contributed by atoms with Gasteiger partial charge in [-0.3, -0.25) is 0 Å². The van der Waals surface area contributed by atoms with Gasteiger partial charge in [-0.15, -0.1) is 0 Å². The highest BCUT2D eigenvalue weighted by Crippen LogP contribution is 2.59. The maximum atomic E-state index is 10.4. The highest BCUT2D eigenvalue weighted by atomic mass is 16.5. The molecule has 1 aromatic carbocycles. The molecule has 0 spiro atoms. The Balaban J connectivity index is 1.76. The zero-order chi connectivity index (χ0) is 15.5. The van der Waals surface area contributed by atoms with E-state index in [2.05, 4.69) is 13.0 Å². The van der Waals surface area contributed by atoms with Gasteiger partial charge in [0.1, 0.15) is 0 Å². The van der Waals surface area contributed by atoms with Crippen molar-refractivity contribution in [1.29, 1.82) is 0 Å². The summed E-state index contributed by atoms with van der Waals surface area (Å²) in [5.41, 5.74) is 4.08. The highest BCUT2D eigenvalue weighted by Gasteiger charge is 2.50. The molecule has 0 unspecified atom stereocenters. The molecule has 0 amide bonds. The van der Waals surface area contributed by atoms with Gasteiger partial charge in [-0.05, 0) is 67.2 Å². The number of phenols is 1. The third-order valence-corrected chi connectivity index (χ3v) is 6.38. The molecule has 0 saturated heterocycles. The topological polar surface area (TPSA) is 49.7 Å². The lowest BCUT2D eigenvalue weighted by atomic mass is 9.58. The van der Waals surface area contributed by atoms with Crippen molar-refractivity contribution in [2.45, 2.75) is 51.0 Å². The second kappa shape index (κ2) is 4.76. The van der Waals surface area contributed by atoms with Crippen LogP contribution in [0.15, 0.2) is 23.8 Å². The second-order valence-corrected chi connectivity index (χ2v) is 7.34. The van der Waals surface area contributed by atoms with Crippen LogP contribution in [-0.4, -0.2) is 23.4 Å². The van der Waals surface area contributed by atoms with Crippen LogP contribution < -0.4 is 4.74 Å². The van der Waals surface area contributed by atoms with Crippen LogP contribution in [0.5, 0.6) is 11.5 Å². The van der Waals surface area contributed by atoms with Gasteiger partial charge in [-0.25, -0.2) is 0 Å². The van der Waals surface area contributed by atoms with Crippen LogP contribution in [0.2, 0.25) is 0 Å². The standard InChI is InChI=1S/C19H24O3/c1-19-8-7-12-13(15(19)5-6-18(19)21)4-3-11-9-16(20)17(22-2)10-14(11)12/h5,9-10,12-13,18,20-21H,3-4,6-8H2,1-2H3/t12-,13+,18-,19-/m0/s1. The number of benzene rings is 1. The minimum absolute atomic E-state index is 0.0142. The van der Waals surface area contributed by atoms with Crippen LogP contribution in [0.25, 0.3) is 0 Å². The molecule has 4 atom stereocenters. The first-order valence-electron chi connectivity index (χ1n) is 8.33. The lowest BCUT2D eigenvalue weighted by Gasteiger charge is -2.47. The molecule has 2 N–H and O–H groups in total. The molecule has 1 fully saturated rings. The van der Waals surface area contributed by atoms with Crippen LogP contribution in [0.1, 0.15) is 49.7 Å². The first-order valence-corrected chi connectivity index (χ1v) is 8.33. The van der Waals surface area contributed by atoms with Gasteiger partial charge in [0.15, 0.2) is 11.5 Å². The average molecular weight is 300 g/mol. The molecule has 3 aliphatic carbocycles. The van der Waals surface area contributed by atoms with Crippen molar-refractivity contribution in [3.8, 4) is 11.5 Å². The van der Waals surface area contributed by atoms with Crippen LogP contribution >= 0.6 is 0 Å². The molecule has 118 valence electrons. The number of phenolic OH excluding ortho intramolecular Hbond substituents is 1. The van der Waals surface area contributed by atoms with E-state index in [4.69, 9.17) is 4.74 Å². The SMILES string of the molecule is COc1cc2c(cc1O)CC[C@H]1C3=CC[C@H](O)[C@@]3(C)CC[C@H]21. The fourth-order valence-electron chi connectivity index (χ4n) is 5.08. The zero-order valence-corrected chi connectivity index (χ0v) is 13.3. The predicted octanol–water partition coefficient (Wildman–Crippen LogP) is 3.54. The van der Waals surface area contributed by atoms with Crippen LogP contribution in [0, 0.1) is 11.3 Å². The van der Waals surface area contributed by atoms with Gasteiger partial charge >= 0.3 is 0 Å². The van der Waals surface area contributed by atoms with Gasteiger partial charge in [0, 0.05) is 5.41 Å². The normalized spacial score (nSPS) is 36.1. The zero-order valence-electron chi connectivity index (χ0n) is 13.3. The molecule has 0 bridgehead atoms. The molecule has 3 heteroatoms. The number of aliphatic hydroxyl groups is 1. The Morgan fingerprint density at radius 1 is 1.23 bits per heavy atom. The lowest BCUT2D eigenvalue weighted by molar-refractivity contribution is 0.0471. The molecule has 3 nitrogen and oxygen atoms in total. The summed E-state index contributed by atoms with van der Waals surface area (Å²) in [5, 5.41) is 20.4. The summed E-state index contributed by atoms with van der Waals surface area (Å²) < 4.78 is 5.31. The van der Waals surface area contributed by atoms with Crippen molar-refractivity contribution in [2.75, 3.05) is 7.11 Å². The van der Waals surface area contributed by atoms with Crippen molar-refractivity contribution in [3.63, 3.8) is 0 Å². The quantitative estimate of drug-likeness (QED) is 0.780. The molecule has 0 aliphatic heterocycles. The minimum atomic E-state index is -0.209. The smallest absolute Gasteiger partial charge is 0.160 e. The summed E-state index contributed by atoms with van der Waals surface area (Å²) >= 11 is 0. The molecule has 1 saturated carbocycles. The summed E-state index contributed by atoms with van der Waals surface area (Å²) in [6, 6.07) is 3.92. The number of aromatic hydroxyl groups is 1. The third-order valence-electron chi connectivity index (χ3n) is 6.38. The van der Waals surface area contributed by atoms with E-state index in [-0.39, 0.29) is 17.3 Å². The van der Waals surface area contributed by atoms with Gasteiger partial charge < -0.3 is 14.9 Å². The Labute approximate surface area is 131 Å².